The zero-order valence-corrected chi connectivity index (χ0v) is 17.4. The summed E-state index contributed by atoms with van der Waals surface area (Å²) in [5.74, 6) is -0.592. The minimum atomic E-state index is -4.56. The fraction of sp³-hybridized carbons (Fsp3) is 0.273. The van der Waals surface area contributed by atoms with Crippen LogP contribution in [0.1, 0.15) is 35.0 Å². The van der Waals surface area contributed by atoms with Crippen molar-refractivity contribution >= 4 is 28.5 Å². The van der Waals surface area contributed by atoms with E-state index in [2.05, 4.69) is 20.6 Å². The number of amides is 2. The lowest BCUT2D eigenvalue weighted by atomic mass is 10.1. The Morgan fingerprint density at radius 2 is 1.84 bits per heavy atom. The number of anilines is 1. The molecular formula is C22H21F3N4O3. The second kappa shape index (κ2) is 9.63. The van der Waals surface area contributed by atoms with Crippen molar-refractivity contribution in [2.45, 2.75) is 26.4 Å². The number of ether oxygens (including phenoxy) is 1. The molecule has 3 rings (SSSR count). The van der Waals surface area contributed by atoms with Crippen LogP contribution >= 0.6 is 0 Å². The van der Waals surface area contributed by atoms with Crippen LogP contribution < -0.4 is 15.4 Å². The molecule has 0 atom stereocenters. The Morgan fingerprint density at radius 1 is 1.09 bits per heavy atom. The fourth-order valence-electron chi connectivity index (χ4n) is 2.98. The Kier molecular flexibility index (Phi) is 6.92. The summed E-state index contributed by atoms with van der Waals surface area (Å²) < 4.78 is 45.5. The summed E-state index contributed by atoms with van der Waals surface area (Å²) in [5, 5.41) is 5.20. The molecule has 0 spiro atoms. The summed E-state index contributed by atoms with van der Waals surface area (Å²) in [6.07, 6.45) is -4.29. The zero-order chi connectivity index (χ0) is 23.3. The molecule has 32 heavy (non-hydrogen) atoms. The number of rotatable bonds is 7. The highest BCUT2D eigenvalue weighted by atomic mass is 19.4. The van der Waals surface area contributed by atoms with Crippen molar-refractivity contribution < 1.29 is 27.5 Å². The number of fused-ring (bicyclic) bond motifs is 1. The van der Waals surface area contributed by atoms with E-state index in [-0.39, 0.29) is 53.6 Å². The van der Waals surface area contributed by atoms with Crippen molar-refractivity contribution in [1.29, 1.82) is 0 Å². The maximum atomic E-state index is 13.4. The van der Waals surface area contributed by atoms with E-state index >= 15 is 0 Å². The smallest absolute Gasteiger partial charge is 0.417 e. The van der Waals surface area contributed by atoms with Crippen LogP contribution in [0.5, 0.6) is 5.88 Å². The van der Waals surface area contributed by atoms with E-state index in [0.717, 1.165) is 6.07 Å². The molecule has 10 heteroatoms. The normalized spacial score (nSPS) is 11.3. The highest BCUT2D eigenvalue weighted by molar-refractivity contribution is 5.96. The molecule has 2 N–H and O–H groups in total. The Morgan fingerprint density at radius 3 is 2.56 bits per heavy atom. The van der Waals surface area contributed by atoms with Gasteiger partial charge in [0.2, 0.25) is 11.8 Å². The zero-order valence-electron chi connectivity index (χ0n) is 17.4. The Hall–Kier alpha value is -3.69. The fourth-order valence-corrected chi connectivity index (χ4v) is 2.98. The van der Waals surface area contributed by atoms with Crippen molar-refractivity contribution in [3.8, 4) is 5.88 Å². The third-order valence-corrected chi connectivity index (χ3v) is 4.44. The number of hydrogen-bond acceptors (Lipinski definition) is 5. The minimum absolute atomic E-state index is 0.0142. The first-order chi connectivity index (χ1) is 15.2. The number of carbonyl (C=O) groups excluding carboxylic acids is 2. The van der Waals surface area contributed by atoms with Crippen LogP contribution in [0.3, 0.4) is 0 Å². The molecule has 1 aromatic carbocycles. The van der Waals surface area contributed by atoms with Gasteiger partial charge in [0.05, 0.1) is 17.6 Å². The SMILES string of the molecule is CCC(=O)Nc1cc(C(=O)NCCOc2cc(C(F)(F)F)c3ccccc3n2)cc(C)n1. The number of benzene rings is 1. The molecule has 168 valence electrons. The molecule has 0 aliphatic heterocycles. The van der Waals surface area contributed by atoms with Gasteiger partial charge in [-0.1, -0.05) is 25.1 Å². The van der Waals surface area contributed by atoms with Gasteiger partial charge in [0.25, 0.3) is 5.91 Å². The molecule has 2 aromatic heterocycles. The largest absolute Gasteiger partial charge is 0.476 e. The molecule has 2 amide bonds. The van der Waals surface area contributed by atoms with Gasteiger partial charge in [0.1, 0.15) is 12.4 Å². The summed E-state index contributed by atoms with van der Waals surface area (Å²) in [5.41, 5.74) is 0.152. The van der Waals surface area contributed by atoms with Crippen molar-refractivity contribution in [3.05, 3.63) is 59.3 Å². The summed E-state index contributed by atoms with van der Waals surface area (Å²) in [6.45, 7) is 3.33. The molecular weight excluding hydrogens is 425 g/mol. The monoisotopic (exact) mass is 446 g/mol. The lowest BCUT2D eigenvalue weighted by Gasteiger charge is -2.13. The number of aryl methyl sites for hydroxylation is 1. The average molecular weight is 446 g/mol. The predicted octanol–water partition coefficient (Wildman–Crippen LogP) is 4.11. The third-order valence-electron chi connectivity index (χ3n) is 4.44. The molecule has 3 aromatic rings. The summed E-state index contributed by atoms with van der Waals surface area (Å²) in [6, 6.07) is 9.76. The van der Waals surface area contributed by atoms with Gasteiger partial charge in [-0.15, -0.1) is 0 Å². The number of nitrogens with one attached hydrogen (secondary N) is 2. The van der Waals surface area contributed by atoms with Gasteiger partial charge in [0, 0.05) is 29.1 Å². The summed E-state index contributed by atoms with van der Waals surface area (Å²) in [4.78, 5) is 32.2. The number of halogens is 3. The molecule has 7 nitrogen and oxygen atoms in total. The molecule has 0 saturated heterocycles. The van der Waals surface area contributed by atoms with Crippen molar-refractivity contribution in [1.82, 2.24) is 15.3 Å². The molecule has 0 bridgehead atoms. The molecule has 0 fully saturated rings. The van der Waals surface area contributed by atoms with E-state index < -0.39 is 17.6 Å². The van der Waals surface area contributed by atoms with Gasteiger partial charge in [-0.2, -0.15) is 13.2 Å². The second-order valence-electron chi connectivity index (χ2n) is 6.91. The lowest BCUT2D eigenvalue weighted by Crippen LogP contribution is -2.28. The maximum Gasteiger partial charge on any atom is 0.417 e. The Bertz CT molecular complexity index is 1150. The highest BCUT2D eigenvalue weighted by Crippen LogP contribution is 2.36. The average Bonchev–Trinajstić information content (AvgIpc) is 2.74. The number of hydrogen-bond donors (Lipinski definition) is 2. The number of nitrogens with zero attached hydrogens (tertiary/aromatic N) is 2. The molecule has 0 unspecified atom stereocenters. The third kappa shape index (κ3) is 5.71. The second-order valence-corrected chi connectivity index (χ2v) is 6.91. The topological polar surface area (TPSA) is 93.2 Å². The maximum absolute atomic E-state index is 13.4. The summed E-state index contributed by atoms with van der Waals surface area (Å²) >= 11 is 0. The molecule has 0 aliphatic carbocycles. The number of para-hydroxylation sites is 1. The van der Waals surface area contributed by atoms with E-state index in [0.29, 0.717) is 5.69 Å². The Balaban J connectivity index is 1.64. The van der Waals surface area contributed by atoms with Crippen LogP contribution in [0.4, 0.5) is 19.0 Å². The van der Waals surface area contributed by atoms with E-state index in [9.17, 15) is 22.8 Å². The lowest BCUT2D eigenvalue weighted by molar-refractivity contribution is -0.136. The summed E-state index contributed by atoms with van der Waals surface area (Å²) in [7, 11) is 0. The van der Waals surface area contributed by atoms with Crippen LogP contribution in [0, 0.1) is 6.92 Å². The van der Waals surface area contributed by atoms with Crippen LogP contribution in [-0.2, 0) is 11.0 Å². The van der Waals surface area contributed by atoms with E-state index in [1.807, 2.05) is 0 Å². The molecule has 0 aliphatic rings. The molecule has 2 heterocycles. The number of carbonyl (C=O) groups is 2. The Labute approximate surface area is 182 Å². The van der Waals surface area contributed by atoms with E-state index in [4.69, 9.17) is 4.74 Å². The van der Waals surface area contributed by atoms with Crippen LogP contribution in [-0.4, -0.2) is 34.9 Å². The number of alkyl halides is 3. The van der Waals surface area contributed by atoms with E-state index in [1.165, 1.54) is 24.3 Å². The minimum Gasteiger partial charge on any atom is -0.476 e. The predicted molar refractivity (Wildman–Crippen MR) is 112 cm³/mol. The quantitative estimate of drug-likeness (QED) is 0.533. The van der Waals surface area contributed by atoms with Gasteiger partial charge in [-0.25, -0.2) is 9.97 Å². The standard InChI is InChI=1S/C22H21F3N4O3/c1-3-19(30)29-18-11-14(10-13(2)27-18)21(31)26-8-9-32-20-12-16(22(23,24)25)15-6-4-5-7-17(15)28-20/h4-7,10-12H,3,8-9H2,1-2H3,(H,26,31)(H,27,29,30). The molecule has 0 radical (unpaired) electrons. The first kappa shape index (κ1) is 23.0. The van der Waals surface area contributed by atoms with Crippen LogP contribution in [0.2, 0.25) is 0 Å². The first-order valence-corrected chi connectivity index (χ1v) is 9.84. The van der Waals surface area contributed by atoms with Crippen molar-refractivity contribution in [2.24, 2.45) is 0 Å². The van der Waals surface area contributed by atoms with Gasteiger partial charge in [-0.3, -0.25) is 9.59 Å². The van der Waals surface area contributed by atoms with Crippen molar-refractivity contribution in [3.63, 3.8) is 0 Å². The molecule has 0 saturated carbocycles. The van der Waals surface area contributed by atoms with Gasteiger partial charge >= 0.3 is 6.18 Å². The highest BCUT2D eigenvalue weighted by Gasteiger charge is 2.33. The van der Waals surface area contributed by atoms with Crippen LogP contribution in [0.25, 0.3) is 10.9 Å². The number of aromatic nitrogens is 2. The van der Waals surface area contributed by atoms with E-state index in [1.54, 1.807) is 26.0 Å². The first-order valence-electron chi connectivity index (χ1n) is 9.84. The number of pyridine rings is 2. The van der Waals surface area contributed by atoms with Crippen molar-refractivity contribution in [2.75, 3.05) is 18.5 Å². The van der Waals surface area contributed by atoms with Gasteiger partial charge in [-0.05, 0) is 25.1 Å². The van der Waals surface area contributed by atoms with Crippen LogP contribution in [0.15, 0.2) is 42.5 Å². The van der Waals surface area contributed by atoms with Gasteiger partial charge in [0.15, 0.2) is 0 Å². The van der Waals surface area contributed by atoms with Gasteiger partial charge < -0.3 is 15.4 Å².